The lowest BCUT2D eigenvalue weighted by molar-refractivity contribution is -0.142. The van der Waals surface area contributed by atoms with Gasteiger partial charge in [0.2, 0.25) is 0 Å². The highest BCUT2D eigenvalue weighted by atomic mass is 16.4. The Balaban J connectivity index is 3.94. The third kappa shape index (κ3) is 3.74. The van der Waals surface area contributed by atoms with Crippen LogP contribution in [0.4, 0.5) is 0 Å². The molecule has 0 aromatic rings. The summed E-state index contributed by atoms with van der Waals surface area (Å²) in [6.45, 7) is 8.33. The van der Waals surface area contributed by atoms with Gasteiger partial charge in [-0.1, -0.05) is 27.7 Å². The molecule has 0 heterocycles. The van der Waals surface area contributed by atoms with Crippen LogP contribution in [0.15, 0.2) is 0 Å². The van der Waals surface area contributed by atoms with Gasteiger partial charge in [-0.25, -0.2) is 0 Å². The predicted octanol–water partition coefficient (Wildman–Crippen LogP) is 2.78. The zero-order valence-electron chi connectivity index (χ0n) is 8.50. The van der Waals surface area contributed by atoms with Crippen LogP contribution >= 0.6 is 0 Å². The molecule has 2 nitrogen and oxygen atoms in total. The summed E-state index contributed by atoms with van der Waals surface area (Å²) in [6, 6.07) is 0. The van der Waals surface area contributed by atoms with Gasteiger partial charge in [-0.15, -0.1) is 0 Å². The summed E-state index contributed by atoms with van der Waals surface area (Å²) >= 11 is 0. The molecule has 0 spiro atoms. The normalized spacial score (nSPS) is 16.1. The molecule has 2 heteroatoms. The molecule has 0 saturated heterocycles. The minimum Gasteiger partial charge on any atom is -0.481 e. The second kappa shape index (κ2) is 5.18. The SMILES string of the molecule is CCC(CC(C)C(C)C)C(=O)O. The largest absolute Gasteiger partial charge is 0.481 e. The van der Waals surface area contributed by atoms with Crippen LogP contribution in [0.5, 0.6) is 0 Å². The molecule has 72 valence electrons. The Morgan fingerprint density at radius 3 is 2.08 bits per heavy atom. The minimum absolute atomic E-state index is 0.151. The molecule has 0 rings (SSSR count). The summed E-state index contributed by atoms with van der Waals surface area (Å²) in [6.07, 6.45) is 1.55. The molecular weight excluding hydrogens is 152 g/mol. The predicted molar refractivity (Wildman–Crippen MR) is 50.0 cm³/mol. The van der Waals surface area contributed by atoms with Crippen molar-refractivity contribution in [1.29, 1.82) is 0 Å². The van der Waals surface area contributed by atoms with Crippen molar-refractivity contribution in [2.24, 2.45) is 17.8 Å². The van der Waals surface area contributed by atoms with E-state index in [0.717, 1.165) is 12.8 Å². The second-order valence-electron chi connectivity index (χ2n) is 3.90. The fourth-order valence-electron chi connectivity index (χ4n) is 1.16. The van der Waals surface area contributed by atoms with Gasteiger partial charge in [0.15, 0.2) is 0 Å². The molecule has 0 fully saturated rings. The van der Waals surface area contributed by atoms with Crippen LogP contribution in [0.1, 0.15) is 40.5 Å². The van der Waals surface area contributed by atoms with Gasteiger partial charge in [-0.3, -0.25) is 4.79 Å². The van der Waals surface area contributed by atoms with Crippen LogP contribution in [0.3, 0.4) is 0 Å². The maximum absolute atomic E-state index is 10.7. The molecule has 0 aliphatic heterocycles. The summed E-state index contributed by atoms with van der Waals surface area (Å²) in [5.41, 5.74) is 0. The van der Waals surface area contributed by atoms with E-state index in [2.05, 4.69) is 20.8 Å². The molecule has 2 atom stereocenters. The van der Waals surface area contributed by atoms with Gasteiger partial charge in [-0.05, 0) is 24.7 Å². The first-order valence-electron chi connectivity index (χ1n) is 4.71. The van der Waals surface area contributed by atoms with E-state index in [1.54, 1.807) is 0 Å². The fraction of sp³-hybridized carbons (Fsp3) is 0.900. The van der Waals surface area contributed by atoms with Gasteiger partial charge >= 0.3 is 5.97 Å². The van der Waals surface area contributed by atoms with Gasteiger partial charge in [0, 0.05) is 0 Å². The molecule has 0 saturated carbocycles. The van der Waals surface area contributed by atoms with Crippen molar-refractivity contribution in [3.8, 4) is 0 Å². The zero-order valence-corrected chi connectivity index (χ0v) is 8.50. The Kier molecular flexibility index (Phi) is 4.95. The molecule has 2 unspecified atom stereocenters. The van der Waals surface area contributed by atoms with E-state index in [-0.39, 0.29) is 5.92 Å². The maximum atomic E-state index is 10.7. The minimum atomic E-state index is -0.648. The lowest BCUT2D eigenvalue weighted by Gasteiger charge is -2.19. The summed E-state index contributed by atoms with van der Waals surface area (Å²) in [5, 5.41) is 8.80. The molecular formula is C10H20O2. The van der Waals surface area contributed by atoms with Crippen molar-refractivity contribution in [3.63, 3.8) is 0 Å². The quantitative estimate of drug-likeness (QED) is 0.692. The molecule has 1 N–H and O–H groups in total. The number of carboxylic acid groups (broad SMARTS) is 1. The van der Waals surface area contributed by atoms with E-state index in [0.29, 0.717) is 11.8 Å². The van der Waals surface area contributed by atoms with Crippen molar-refractivity contribution in [2.75, 3.05) is 0 Å². The molecule has 0 bridgehead atoms. The standard InChI is InChI=1S/C10H20O2/c1-5-9(10(11)12)6-8(4)7(2)3/h7-9H,5-6H2,1-4H3,(H,11,12). The molecule has 12 heavy (non-hydrogen) atoms. The first-order valence-corrected chi connectivity index (χ1v) is 4.71. The number of carboxylic acids is 1. The van der Waals surface area contributed by atoms with Gasteiger partial charge in [0.25, 0.3) is 0 Å². The van der Waals surface area contributed by atoms with E-state index in [4.69, 9.17) is 5.11 Å². The van der Waals surface area contributed by atoms with Crippen molar-refractivity contribution in [1.82, 2.24) is 0 Å². The highest BCUT2D eigenvalue weighted by molar-refractivity contribution is 5.69. The van der Waals surface area contributed by atoms with E-state index in [9.17, 15) is 4.79 Å². The van der Waals surface area contributed by atoms with Gasteiger partial charge in [0.1, 0.15) is 0 Å². The monoisotopic (exact) mass is 172 g/mol. The van der Waals surface area contributed by atoms with Crippen molar-refractivity contribution < 1.29 is 9.90 Å². The fourth-order valence-corrected chi connectivity index (χ4v) is 1.16. The second-order valence-corrected chi connectivity index (χ2v) is 3.90. The topological polar surface area (TPSA) is 37.3 Å². The summed E-state index contributed by atoms with van der Waals surface area (Å²) in [5.74, 6) is 0.289. The van der Waals surface area contributed by atoms with Crippen LogP contribution in [-0.4, -0.2) is 11.1 Å². The van der Waals surface area contributed by atoms with E-state index in [1.807, 2.05) is 6.92 Å². The Morgan fingerprint density at radius 2 is 1.83 bits per heavy atom. The van der Waals surface area contributed by atoms with E-state index in [1.165, 1.54) is 0 Å². The lowest BCUT2D eigenvalue weighted by atomic mass is 9.87. The summed E-state index contributed by atoms with van der Waals surface area (Å²) in [7, 11) is 0. The maximum Gasteiger partial charge on any atom is 0.306 e. The Morgan fingerprint density at radius 1 is 1.33 bits per heavy atom. The average Bonchev–Trinajstić information content (AvgIpc) is 1.98. The lowest BCUT2D eigenvalue weighted by Crippen LogP contribution is -2.18. The average molecular weight is 172 g/mol. The van der Waals surface area contributed by atoms with Crippen LogP contribution in [-0.2, 0) is 4.79 Å². The third-order valence-corrected chi connectivity index (χ3v) is 2.64. The van der Waals surface area contributed by atoms with E-state index < -0.39 is 5.97 Å². The van der Waals surface area contributed by atoms with Crippen molar-refractivity contribution in [2.45, 2.75) is 40.5 Å². The van der Waals surface area contributed by atoms with E-state index >= 15 is 0 Å². The number of aliphatic carboxylic acids is 1. The molecule has 0 aliphatic carbocycles. The molecule has 0 aromatic carbocycles. The first kappa shape index (κ1) is 11.5. The number of hydrogen-bond donors (Lipinski definition) is 1. The molecule has 0 amide bonds. The number of hydrogen-bond acceptors (Lipinski definition) is 1. The summed E-state index contributed by atoms with van der Waals surface area (Å²) < 4.78 is 0. The molecule has 0 aromatic heterocycles. The van der Waals surface area contributed by atoms with Gasteiger partial charge in [-0.2, -0.15) is 0 Å². The molecule has 0 aliphatic rings. The Labute approximate surface area is 75.0 Å². The van der Waals surface area contributed by atoms with Gasteiger partial charge in [0.05, 0.1) is 5.92 Å². The smallest absolute Gasteiger partial charge is 0.306 e. The molecule has 0 radical (unpaired) electrons. The third-order valence-electron chi connectivity index (χ3n) is 2.64. The highest BCUT2D eigenvalue weighted by Gasteiger charge is 2.19. The Bertz CT molecular complexity index is 141. The first-order chi connectivity index (χ1) is 5.49. The highest BCUT2D eigenvalue weighted by Crippen LogP contribution is 2.21. The number of rotatable bonds is 5. The number of carbonyl (C=O) groups is 1. The van der Waals surface area contributed by atoms with Crippen LogP contribution < -0.4 is 0 Å². The van der Waals surface area contributed by atoms with Gasteiger partial charge < -0.3 is 5.11 Å². The van der Waals surface area contributed by atoms with Crippen molar-refractivity contribution >= 4 is 5.97 Å². The summed E-state index contributed by atoms with van der Waals surface area (Å²) in [4.78, 5) is 10.7. The van der Waals surface area contributed by atoms with Crippen LogP contribution in [0.25, 0.3) is 0 Å². The van der Waals surface area contributed by atoms with Crippen molar-refractivity contribution in [3.05, 3.63) is 0 Å². The Hall–Kier alpha value is -0.530. The van der Waals surface area contributed by atoms with Crippen LogP contribution in [0.2, 0.25) is 0 Å². The van der Waals surface area contributed by atoms with Crippen LogP contribution in [0, 0.1) is 17.8 Å². The zero-order chi connectivity index (χ0) is 9.72.